The molecule has 2 unspecified atom stereocenters. The maximum absolute atomic E-state index is 3.55. The van der Waals surface area contributed by atoms with Crippen LogP contribution in [0, 0.1) is 5.92 Å². The first-order chi connectivity index (χ1) is 6.27. The highest BCUT2D eigenvalue weighted by Gasteiger charge is 2.16. The summed E-state index contributed by atoms with van der Waals surface area (Å²) in [5, 5.41) is 3.55. The second-order valence-electron chi connectivity index (χ2n) is 4.14. The van der Waals surface area contributed by atoms with Gasteiger partial charge in [-0.15, -0.1) is 0 Å². The lowest BCUT2D eigenvalue weighted by Crippen LogP contribution is -2.21. The van der Waals surface area contributed by atoms with Crippen LogP contribution in [0.2, 0.25) is 0 Å². The highest BCUT2D eigenvalue weighted by Crippen LogP contribution is 2.23. The van der Waals surface area contributed by atoms with Gasteiger partial charge in [-0.05, 0) is 36.9 Å². The van der Waals surface area contributed by atoms with Gasteiger partial charge in [-0.2, -0.15) is 0 Å². The van der Waals surface area contributed by atoms with Gasteiger partial charge in [0.15, 0.2) is 0 Å². The van der Waals surface area contributed by atoms with E-state index < -0.39 is 0 Å². The zero-order valence-electron chi connectivity index (χ0n) is 8.38. The van der Waals surface area contributed by atoms with Crippen molar-refractivity contribution >= 4 is 0 Å². The van der Waals surface area contributed by atoms with Crippen LogP contribution >= 0.6 is 0 Å². The van der Waals surface area contributed by atoms with Gasteiger partial charge in [0.2, 0.25) is 0 Å². The molecule has 13 heavy (non-hydrogen) atoms. The van der Waals surface area contributed by atoms with Crippen molar-refractivity contribution in [3.05, 3.63) is 35.4 Å². The van der Waals surface area contributed by atoms with Crippen LogP contribution in [0.25, 0.3) is 0 Å². The van der Waals surface area contributed by atoms with Crippen LogP contribution in [-0.4, -0.2) is 6.54 Å². The normalized spacial score (nSPS) is 27.8. The first-order valence-corrected chi connectivity index (χ1v) is 5.08. The summed E-state index contributed by atoms with van der Waals surface area (Å²) in [4.78, 5) is 0. The van der Waals surface area contributed by atoms with Crippen LogP contribution in [0.4, 0.5) is 0 Å². The summed E-state index contributed by atoms with van der Waals surface area (Å²) in [6, 6.07) is 9.29. The maximum Gasteiger partial charge on any atom is 0.0294 e. The Morgan fingerprint density at radius 3 is 2.85 bits per heavy atom. The average Bonchev–Trinajstić information content (AvgIpc) is 2.27. The minimum Gasteiger partial charge on any atom is -0.310 e. The monoisotopic (exact) mass is 175 g/mol. The molecule has 0 saturated carbocycles. The summed E-state index contributed by atoms with van der Waals surface area (Å²) in [6.45, 7) is 5.69. The minimum absolute atomic E-state index is 0.515. The Balaban J connectivity index is 2.38. The lowest BCUT2D eigenvalue weighted by Gasteiger charge is -2.12. The number of nitrogens with one attached hydrogen (secondary N) is 1. The van der Waals surface area contributed by atoms with E-state index in [4.69, 9.17) is 0 Å². The lowest BCUT2D eigenvalue weighted by molar-refractivity contribution is 0.495. The summed E-state index contributed by atoms with van der Waals surface area (Å²) in [5.74, 6) is 0.756. The van der Waals surface area contributed by atoms with Crippen molar-refractivity contribution in [3.63, 3.8) is 0 Å². The zero-order valence-corrected chi connectivity index (χ0v) is 8.38. The first kappa shape index (κ1) is 8.76. The second kappa shape index (κ2) is 3.51. The molecule has 1 heteroatoms. The van der Waals surface area contributed by atoms with Gasteiger partial charge < -0.3 is 5.32 Å². The minimum atomic E-state index is 0.515. The van der Waals surface area contributed by atoms with E-state index in [2.05, 4.69) is 43.4 Å². The SMILES string of the molecule is CC1CNC(C)c2ccccc2C1. The largest absolute Gasteiger partial charge is 0.310 e. The van der Waals surface area contributed by atoms with Crippen molar-refractivity contribution in [1.29, 1.82) is 0 Å². The fraction of sp³-hybridized carbons (Fsp3) is 0.500. The molecular weight excluding hydrogens is 158 g/mol. The standard InChI is InChI=1S/C12H17N/c1-9-7-11-5-3-4-6-12(11)10(2)13-8-9/h3-6,9-10,13H,7-8H2,1-2H3. The molecule has 1 aromatic carbocycles. The van der Waals surface area contributed by atoms with Crippen molar-refractivity contribution in [1.82, 2.24) is 5.32 Å². The van der Waals surface area contributed by atoms with Crippen molar-refractivity contribution in [2.75, 3.05) is 6.54 Å². The predicted molar refractivity (Wildman–Crippen MR) is 55.7 cm³/mol. The van der Waals surface area contributed by atoms with Gasteiger partial charge >= 0.3 is 0 Å². The molecule has 0 aromatic heterocycles. The van der Waals surface area contributed by atoms with Crippen LogP contribution in [0.1, 0.15) is 31.0 Å². The Morgan fingerprint density at radius 2 is 2.00 bits per heavy atom. The van der Waals surface area contributed by atoms with Crippen molar-refractivity contribution in [2.45, 2.75) is 26.3 Å². The van der Waals surface area contributed by atoms with E-state index in [1.807, 2.05) is 0 Å². The Morgan fingerprint density at radius 1 is 1.23 bits per heavy atom. The lowest BCUT2D eigenvalue weighted by atomic mass is 9.97. The van der Waals surface area contributed by atoms with Gasteiger partial charge in [-0.1, -0.05) is 31.2 Å². The molecule has 0 saturated heterocycles. The molecule has 1 aliphatic heterocycles. The van der Waals surface area contributed by atoms with E-state index in [-0.39, 0.29) is 0 Å². The van der Waals surface area contributed by atoms with Crippen LogP contribution in [0.5, 0.6) is 0 Å². The summed E-state index contributed by atoms with van der Waals surface area (Å²) in [6.07, 6.45) is 1.22. The molecule has 2 rings (SSSR count). The molecule has 0 radical (unpaired) electrons. The predicted octanol–water partition coefficient (Wildman–Crippen LogP) is 2.53. The van der Waals surface area contributed by atoms with Crippen LogP contribution in [0.3, 0.4) is 0 Å². The highest BCUT2D eigenvalue weighted by atomic mass is 14.9. The summed E-state index contributed by atoms with van der Waals surface area (Å²) >= 11 is 0. The average molecular weight is 175 g/mol. The van der Waals surface area contributed by atoms with E-state index >= 15 is 0 Å². The quantitative estimate of drug-likeness (QED) is 0.639. The van der Waals surface area contributed by atoms with Gasteiger partial charge in [-0.3, -0.25) is 0 Å². The number of benzene rings is 1. The maximum atomic E-state index is 3.55. The van der Waals surface area contributed by atoms with Crippen molar-refractivity contribution in [2.24, 2.45) is 5.92 Å². The second-order valence-corrected chi connectivity index (χ2v) is 4.14. The third kappa shape index (κ3) is 1.75. The van der Waals surface area contributed by atoms with E-state index in [0.717, 1.165) is 12.5 Å². The molecule has 0 spiro atoms. The summed E-state index contributed by atoms with van der Waals surface area (Å²) in [5.41, 5.74) is 3.00. The Labute approximate surface area is 80.2 Å². The molecule has 0 aliphatic carbocycles. The molecule has 1 heterocycles. The fourth-order valence-electron chi connectivity index (χ4n) is 2.08. The molecule has 0 fully saturated rings. The molecule has 1 aromatic rings. The van der Waals surface area contributed by atoms with Crippen molar-refractivity contribution < 1.29 is 0 Å². The number of hydrogen-bond acceptors (Lipinski definition) is 1. The highest BCUT2D eigenvalue weighted by molar-refractivity contribution is 5.31. The Bertz CT molecular complexity index is 293. The molecule has 0 bridgehead atoms. The number of fused-ring (bicyclic) bond motifs is 1. The van der Waals surface area contributed by atoms with Crippen molar-refractivity contribution in [3.8, 4) is 0 Å². The third-order valence-corrected chi connectivity index (χ3v) is 2.86. The molecule has 1 nitrogen and oxygen atoms in total. The van der Waals surface area contributed by atoms with Gasteiger partial charge in [0, 0.05) is 6.04 Å². The van der Waals surface area contributed by atoms with E-state index in [0.29, 0.717) is 6.04 Å². The van der Waals surface area contributed by atoms with E-state index in [9.17, 15) is 0 Å². The summed E-state index contributed by atoms with van der Waals surface area (Å²) in [7, 11) is 0. The number of hydrogen-bond donors (Lipinski definition) is 1. The molecule has 1 aliphatic rings. The molecule has 1 N–H and O–H groups in total. The van der Waals surface area contributed by atoms with Gasteiger partial charge in [0.25, 0.3) is 0 Å². The third-order valence-electron chi connectivity index (χ3n) is 2.86. The number of rotatable bonds is 0. The molecule has 0 amide bonds. The zero-order chi connectivity index (χ0) is 9.26. The Kier molecular flexibility index (Phi) is 2.36. The smallest absolute Gasteiger partial charge is 0.0294 e. The first-order valence-electron chi connectivity index (χ1n) is 5.08. The fourth-order valence-corrected chi connectivity index (χ4v) is 2.08. The van der Waals surface area contributed by atoms with Gasteiger partial charge in [0.05, 0.1) is 0 Å². The Hall–Kier alpha value is -0.820. The van der Waals surface area contributed by atoms with Crippen LogP contribution in [-0.2, 0) is 6.42 Å². The van der Waals surface area contributed by atoms with Crippen LogP contribution in [0.15, 0.2) is 24.3 Å². The molecule has 70 valence electrons. The van der Waals surface area contributed by atoms with Gasteiger partial charge in [0.1, 0.15) is 0 Å². The van der Waals surface area contributed by atoms with Gasteiger partial charge in [-0.25, -0.2) is 0 Å². The van der Waals surface area contributed by atoms with E-state index in [1.165, 1.54) is 17.5 Å². The van der Waals surface area contributed by atoms with Crippen LogP contribution < -0.4 is 5.32 Å². The molecular formula is C12H17N. The summed E-state index contributed by atoms with van der Waals surface area (Å²) < 4.78 is 0. The molecule has 2 atom stereocenters. The topological polar surface area (TPSA) is 12.0 Å². The van der Waals surface area contributed by atoms with E-state index in [1.54, 1.807) is 0 Å².